The molecule has 1 aromatic rings. The van der Waals surface area contributed by atoms with Crippen molar-refractivity contribution < 1.29 is 19.8 Å². The van der Waals surface area contributed by atoms with Gasteiger partial charge in [-0.3, -0.25) is 14.5 Å². The molecule has 1 atom stereocenters. The predicted octanol–water partition coefficient (Wildman–Crippen LogP) is -0.576. The molecule has 17 heavy (non-hydrogen) atoms. The molecule has 0 aliphatic heterocycles. The van der Waals surface area contributed by atoms with Gasteiger partial charge in [-0.1, -0.05) is 18.2 Å². The summed E-state index contributed by atoms with van der Waals surface area (Å²) in [6.07, 6.45) is 0. The van der Waals surface area contributed by atoms with Gasteiger partial charge in [-0.15, -0.1) is 0 Å². The molecule has 0 radical (unpaired) electrons. The Hall–Kier alpha value is -1.92. The molecular weight excluding hydrogens is 224 g/mol. The maximum atomic E-state index is 11.8. The highest BCUT2D eigenvalue weighted by Crippen LogP contribution is 2.13. The number of carboxylic acids is 1. The van der Waals surface area contributed by atoms with Gasteiger partial charge in [0.05, 0.1) is 6.61 Å². The zero-order valence-corrected chi connectivity index (χ0v) is 9.11. The summed E-state index contributed by atoms with van der Waals surface area (Å²) in [5, 5.41) is 17.6. The molecule has 1 aromatic carbocycles. The zero-order chi connectivity index (χ0) is 12.8. The Balaban J connectivity index is 2.96. The summed E-state index contributed by atoms with van der Waals surface area (Å²) in [4.78, 5) is 23.5. The molecule has 6 nitrogen and oxygen atoms in total. The van der Waals surface area contributed by atoms with E-state index in [1.54, 1.807) is 30.3 Å². The van der Waals surface area contributed by atoms with Gasteiger partial charge < -0.3 is 15.9 Å². The number of carbonyl (C=O) groups is 2. The lowest BCUT2D eigenvalue weighted by Gasteiger charge is -2.23. The highest BCUT2D eigenvalue weighted by Gasteiger charge is 2.23. The lowest BCUT2D eigenvalue weighted by Crippen LogP contribution is -2.47. The number of carboxylic acid groups (broad SMARTS) is 1. The summed E-state index contributed by atoms with van der Waals surface area (Å²) >= 11 is 0. The molecule has 0 unspecified atom stereocenters. The molecule has 0 heterocycles. The first-order valence-electron chi connectivity index (χ1n) is 5.01. The van der Waals surface area contributed by atoms with Gasteiger partial charge in [0.25, 0.3) is 0 Å². The van der Waals surface area contributed by atoms with E-state index in [2.05, 4.69) is 0 Å². The van der Waals surface area contributed by atoms with E-state index in [1.807, 2.05) is 0 Å². The van der Waals surface area contributed by atoms with E-state index in [1.165, 1.54) is 0 Å². The number of nitrogens with zero attached hydrogens (tertiary/aromatic N) is 1. The van der Waals surface area contributed by atoms with Crippen molar-refractivity contribution >= 4 is 17.6 Å². The molecule has 1 rings (SSSR count). The van der Waals surface area contributed by atoms with Crippen molar-refractivity contribution in [2.45, 2.75) is 6.04 Å². The Kier molecular flexibility index (Phi) is 4.62. The van der Waals surface area contributed by atoms with Crippen LogP contribution in [0.25, 0.3) is 0 Å². The van der Waals surface area contributed by atoms with E-state index in [-0.39, 0.29) is 0 Å². The van der Waals surface area contributed by atoms with E-state index in [0.29, 0.717) is 5.69 Å². The standard InChI is InChI=1S/C11H14N2O4/c12-9(7-14)11(17)13(6-10(15)16)8-4-2-1-3-5-8/h1-5,9,14H,6-7,12H2,(H,15,16)/t9-/m0/s1. The SMILES string of the molecule is N[C@@H](CO)C(=O)N(CC(=O)O)c1ccccc1. The maximum absolute atomic E-state index is 11.8. The largest absolute Gasteiger partial charge is 0.480 e. The number of anilines is 1. The Morgan fingerprint density at radius 1 is 1.29 bits per heavy atom. The summed E-state index contributed by atoms with van der Waals surface area (Å²) in [5.74, 6) is -1.77. The molecule has 4 N–H and O–H groups in total. The Labute approximate surface area is 98.3 Å². The average molecular weight is 238 g/mol. The number of hydrogen-bond acceptors (Lipinski definition) is 4. The first kappa shape index (κ1) is 13.1. The van der Waals surface area contributed by atoms with E-state index in [9.17, 15) is 9.59 Å². The molecule has 0 saturated carbocycles. The highest BCUT2D eigenvalue weighted by atomic mass is 16.4. The van der Waals surface area contributed by atoms with Crippen molar-refractivity contribution in [2.75, 3.05) is 18.1 Å². The third-order valence-corrected chi connectivity index (χ3v) is 2.14. The van der Waals surface area contributed by atoms with Crippen LogP contribution >= 0.6 is 0 Å². The first-order chi connectivity index (χ1) is 8.06. The number of amides is 1. The van der Waals surface area contributed by atoms with Gasteiger partial charge in [0, 0.05) is 5.69 Å². The number of aliphatic carboxylic acids is 1. The number of carbonyl (C=O) groups excluding carboxylic acids is 1. The van der Waals surface area contributed by atoms with E-state index in [4.69, 9.17) is 15.9 Å². The summed E-state index contributed by atoms with van der Waals surface area (Å²) in [6.45, 7) is -1.02. The molecule has 0 aliphatic carbocycles. The van der Waals surface area contributed by atoms with Crippen LogP contribution in [0.3, 0.4) is 0 Å². The van der Waals surface area contributed by atoms with Crippen LogP contribution in [0.2, 0.25) is 0 Å². The molecule has 92 valence electrons. The molecule has 0 aromatic heterocycles. The maximum Gasteiger partial charge on any atom is 0.323 e. The minimum atomic E-state index is -1.15. The molecular formula is C11H14N2O4. The Morgan fingerprint density at radius 3 is 2.35 bits per heavy atom. The van der Waals surface area contributed by atoms with E-state index < -0.39 is 31.1 Å². The number of rotatable bonds is 5. The van der Waals surface area contributed by atoms with Gasteiger partial charge >= 0.3 is 5.97 Å². The van der Waals surface area contributed by atoms with Crippen molar-refractivity contribution in [3.05, 3.63) is 30.3 Å². The minimum Gasteiger partial charge on any atom is -0.480 e. The fourth-order valence-electron chi connectivity index (χ4n) is 1.32. The second-order valence-electron chi connectivity index (χ2n) is 3.44. The van der Waals surface area contributed by atoms with Gasteiger partial charge in [0.2, 0.25) is 5.91 Å². The monoisotopic (exact) mass is 238 g/mol. The highest BCUT2D eigenvalue weighted by molar-refractivity contribution is 6.00. The van der Waals surface area contributed by atoms with Crippen molar-refractivity contribution in [2.24, 2.45) is 5.73 Å². The lowest BCUT2D eigenvalue weighted by atomic mass is 10.2. The van der Waals surface area contributed by atoms with Crippen LogP contribution < -0.4 is 10.6 Å². The first-order valence-corrected chi connectivity index (χ1v) is 5.01. The van der Waals surface area contributed by atoms with Crippen LogP contribution in [0.4, 0.5) is 5.69 Å². The Morgan fingerprint density at radius 2 is 1.88 bits per heavy atom. The third kappa shape index (κ3) is 3.54. The quantitative estimate of drug-likeness (QED) is 0.637. The van der Waals surface area contributed by atoms with E-state index in [0.717, 1.165) is 4.90 Å². The molecule has 0 fully saturated rings. The number of nitrogens with two attached hydrogens (primary N) is 1. The number of aliphatic hydroxyl groups excluding tert-OH is 1. The van der Waals surface area contributed by atoms with Crippen molar-refractivity contribution in [3.63, 3.8) is 0 Å². The molecule has 0 aliphatic rings. The number of para-hydroxylation sites is 1. The van der Waals surface area contributed by atoms with Gasteiger partial charge in [-0.2, -0.15) is 0 Å². The van der Waals surface area contributed by atoms with Crippen LogP contribution in [0, 0.1) is 0 Å². The minimum absolute atomic E-state index is 0.434. The van der Waals surface area contributed by atoms with Crippen LogP contribution in [-0.4, -0.2) is 41.3 Å². The fraction of sp³-hybridized carbons (Fsp3) is 0.273. The zero-order valence-electron chi connectivity index (χ0n) is 9.11. The van der Waals surface area contributed by atoms with Crippen molar-refractivity contribution in [1.82, 2.24) is 0 Å². The fourth-order valence-corrected chi connectivity index (χ4v) is 1.32. The second-order valence-corrected chi connectivity index (χ2v) is 3.44. The van der Waals surface area contributed by atoms with Crippen molar-refractivity contribution in [1.29, 1.82) is 0 Å². The van der Waals surface area contributed by atoms with Gasteiger partial charge in [-0.05, 0) is 12.1 Å². The molecule has 0 saturated heterocycles. The summed E-state index contributed by atoms with van der Waals surface area (Å²) < 4.78 is 0. The van der Waals surface area contributed by atoms with Crippen molar-refractivity contribution in [3.8, 4) is 0 Å². The smallest absolute Gasteiger partial charge is 0.323 e. The Bertz CT molecular complexity index is 394. The van der Waals surface area contributed by atoms with Gasteiger partial charge in [0.15, 0.2) is 0 Å². The summed E-state index contributed by atoms with van der Waals surface area (Å²) in [7, 11) is 0. The van der Waals surface area contributed by atoms with Crippen LogP contribution in [0.5, 0.6) is 0 Å². The third-order valence-electron chi connectivity index (χ3n) is 2.14. The predicted molar refractivity (Wildman–Crippen MR) is 61.5 cm³/mol. The lowest BCUT2D eigenvalue weighted by molar-refractivity contribution is -0.136. The van der Waals surface area contributed by atoms with Crippen LogP contribution in [0.15, 0.2) is 30.3 Å². The van der Waals surface area contributed by atoms with Crippen LogP contribution in [-0.2, 0) is 9.59 Å². The second kappa shape index (κ2) is 5.97. The average Bonchev–Trinajstić information content (AvgIpc) is 2.35. The summed E-state index contributed by atoms with van der Waals surface area (Å²) in [6, 6.07) is 7.20. The van der Waals surface area contributed by atoms with Gasteiger partial charge in [0.1, 0.15) is 12.6 Å². The number of benzene rings is 1. The molecule has 0 bridgehead atoms. The molecule has 6 heteroatoms. The topological polar surface area (TPSA) is 104 Å². The number of aliphatic hydroxyl groups is 1. The normalized spacial score (nSPS) is 11.9. The number of hydrogen-bond donors (Lipinski definition) is 3. The van der Waals surface area contributed by atoms with E-state index >= 15 is 0 Å². The van der Waals surface area contributed by atoms with Gasteiger partial charge in [-0.25, -0.2) is 0 Å². The van der Waals surface area contributed by atoms with Crippen LogP contribution in [0.1, 0.15) is 0 Å². The summed E-state index contributed by atoms with van der Waals surface area (Å²) in [5.41, 5.74) is 5.83. The molecule has 0 spiro atoms. The molecule has 1 amide bonds.